The average molecular weight is 411 g/mol. The number of ether oxygens (including phenoxy) is 1. The molecule has 0 unspecified atom stereocenters. The van der Waals surface area contributed by atoms with Gasteiger partial charge in [0.1, 0.15) is 18.4 Å². The number of carbonyl (C=O) groups is 1. The van der Waals surface area contributed by atoms with E-state index in [-0.39, 0.29) is 42.5 Å². The Morgan fingerprint density at radius 2 is 1.76 bits per heavy atom. The highest BCUT2D eigenvalue weighted by Crippen LogP contribution is 2.22. The van der Waals surface area contributed by atoms with E-state index < -0.39 is 10.0 Å². The second-order valence-corrected chi connectivity index (χ2v) is 8.33. The summed E-state index contributed by atoms with van der Waals surface area (Å²) in [4.78, 5) is 14.3. The molecule has 2 aromatic rings. The number of benzene rings is 2. The van der Waals surface area contributed by atoms with Gasteiger partial charge in [0.25, 0.3) is 5.91 Å². The standard InChI is InChI=1S/C21H21N3O4S/c1-2-15-28-19-9-7-17(8-10-19)21(25)23-11-13-24(14-12-23)29(26,27)20-6-4-3-5-18(20)16-22/h2-10H,1,11-15H2. The van der Waals surface area contributed by atoms with E-state index in [2.05, 4.69) is 6.58 Å². The van der Waals surface area contributed by atoms with Crippen molar-refractivity contribution in [1.82, 2.24) is 9.21 Å². The lowest BCUT2D eigenvalue weighted by molar-refractivity contribution is 0.0698. The summed E-state index contributed by atoms with van der Waals surface area (Å²) in [5.74, 6) is 0.489. The number of hydrogen-bond acceptors (Lipinski definition) is 5. The molecule has 1 heterocycles. The van der Waals surface area contributed by atoms with Gasteiger partial charge in [0.05, 0.1) is 10.5 Å². The molecule has 7 nitrogen and oxygen atoms in total. The molecule has 8 heteroatoms. The Bertz CT molecular complexity index is 1030. The van der Waals surface area contributed by atoms with E-state index in [1.54, 1.807) is 47.4 Å². The summed E-state index contributed by atoms with van der Waals surface area (Å²) in [7, 11) is -3.78. The van der Waals surface area contributed by atoms with Crippen molar-refractivity contribution in [2.24, 2.45) is 0 Å². The predicted octanol–water partition coefficient (Wildman–Crippen LogP) is 2.27. The van der Waals surface area contributed by atoms with Gasteiger partial charge in [-0.25, -0.2) is 8.42 Å². The van der Waals surface area contributed by atoms with Crippen molar-refractivity contribution in [3.8, 4) is 11.8 Å². The maximum absolute atomic E-state index is 12.9. The molecule has 0 atom stereocenters. The first-order valence-electron chi connectivity index (χ1n) is 9.09. The molecule has 1 amide bonds. The summed E-state index contributed by atoms with van der Waals surface area (Å²) in [5, 5.41) is 9.19. The van der Waals surface area contributed by atoms with Gasteiger partial charge in [0, 0.05) is 31.7 Å². The van der Waals surface area contributed by atoms with Crippen LogP contribution in [0.3, 0.4) is 0 Å². The van der Waals surface area contributed by atoms with E-state index in [9.17, 15) is 18.5 Å². The Balaban J connectivity index is 1.66. The lowest BCUT2D eigenvalue weighted by atomic mass is 10.2. The minimum absolute atomic E-state index is 0.00242. The van der Waals surface area contributed by atoms with Crippen LogP contribution in [-0.4, -0.2) is 56.3 Å². The lowest BCUT2D eigenvalue weighted by Crippen LogP contribution is -2.50. The number of nitrogens with zero attached hydrogens (tertiary/aromatic N) is 3. The molecule has 0 spiro atoms. The Kier molecular flexibility index (Phi) is 6.32. The SMILES string of the molecule is C=CCOc1ccc(C(=O)N2CCN(S(=O)(=O)c3ccccc3C#N)CC2)cc1. The molecule has 1 fully saturated rings. The van der Waals surface area contributed by atoms with Crippen LogP contribution in [0.1, 0.15) is 15.9 Å². The van der Waals surface area contributed by atoms with Gasteiger partial charge in [-0.2, -0.15) is 9.57 Å². The predicted molar refractivity (Wildman–Crippen MR) is 108 cm³/mol. The fraction of sp³-hybridized carbons (Fsp3) is 0.238. The summed E-state index contributed by atoms with van der Waals surface area (Å²) in [6, 6.07) is 14.9. The summed E-state index contributed by atoms with van der Waals surface area (Å²) < 4.78 is 32.5. The van der Waals surface area contributed by atoms with Gasteiger partial charge in [-0.3, -0.25) is 4.79 Å². The highest BCUT2D eigenvalue weighted by Gasteiger charge is 2.31. The van der Waals surface area contributed by atoms with Crippen molar-refractivity contribution >= 4 is 15.9 Å². The molecular weight excluding hydrogens is 390 g/mol. The third kappa shape index (κ3) is 4.47. The molecule has 0 saturated carbocycles. The van der Waals surface area contributed by atoms with Crippen LogP contribution < -0.4 is 4.74 Å². The van der Waals surface area contributed by atoms with E-state index in [1.807, 2.05) is 6.07 Å². The summed E-state index contributed by atoms with van der Waals surface area (Å²) in [5.41, 5.74) is 0.631. The van der Waals surface area contributed by atoms with Gasteiger partial charge in [0.2, 0.25) is 10.0 Å². The minimum atomic E-state index is -3.78. The smallest absolute Gasteiger partial charge is 0.253 e. The molecule has 1 aliphatic heterocycles. The Labute approximate surface area is 170 Å². The summed E-state index contributed by atoms with van der Waals surface area (Å²) in [6.07, 6.45) is 1.64. The first-order valence-corrected chi connectivity index (χ1v) is 10.5. The van der Waals surface area contributed by atoms with E-state index in [0.717, 1.165) is 0 Å². The minimum Gasteiger partial charge on any atom is -0.490 e. The molecule has 0 N–H and O–H groups in total. The van der Waals surface area contributed by atoms with Gasteiger partial charge < -0.3 is 9.64 Å². The molecule has 1 saturated heterocycles. The number of piperazine rings is 1. The maximum atomic E-state index is 12.9. The summed E-state index contributed by atoms with van der Waals surface area (Å²) in [6.45, 7) is 4.88. The number of hydrogen-bond donors (Lipinski definition) is 0. The van der Waals surface area contributed by atoms with Gasteiger partial charge in [0.15, 0.2) is 0 Å². The van der Waals surface area contributed by atoms with Gasteiger partial charge in [-0.05, 0) is 36.4 Å². The molecule has 2 aromatic carbocycles. The van der Waals surface area contributed by atoms with Gasteiger partial charge >= 0.3 is 0 Å². The quantitative estimate of drug-likeness (QED) is 0.680. The van der Waals surface area contributed by atoms with E-state index in [0.29, 0.717) is 17.9 Å². The lowest BCUT2D eigenvalue weighted by Gasteiger charge is -2.34. The monoisotopic (exact) mass is 411 g/mol. The fourth-order valence-electron chi connectivity index (χ4n) is 3.09. The number of sulfonamides is 1. The number of carbonyl (C=O) groups excluding carboxylic acids is 1. The Morgan fingerprint density at radius 3 is 2.38 bits per heavy atom. The topological polar surface area (TPSA) is 90.7 Å². The molecule has 3 rings (SSSR count). The normalized spacial score (nSPS) is 14.8. The van der Waals surface area contributed by atoms with Crippen molar-refractivity contribution in [3.05, 3.63) is 72.3 Å². The van der Waals surface area contributed by atoms with E-state index in [1.165, 1.54) is 16.4 Å². The van der Waals surface area contributed by atoms with Gasteiger partial charge in [-0.15, -0.1) is 0 Å². The molecule has 150 valence electrons. The fourth-order valence-corrected chi connectivity index (χ4v) is 4.65. The Hall–Kier alpha value is -3.15. The van der Waals surface area contributed by atoms with Crippen molar-refractivity contribution in [2.75, 3.05) is 32.8 Å². The molecule has 29 heavy (non-hydrogen) atoms. The molecule has 0 aromatic heterocycles. The Morgan fingerprint density at radius 1 is 1.10 bits per heavy atom. The zero-order valence-corrected chi connectivity index (χ0v) is 16.6. The van der Waals surface area contributed by atoms with Crippen molar-refractivity contribution in [2.45, 2.75) is 4.90 Å². The largest absolute Gasteiger partial charge is 0.490 e. The van der Waals surface area contributed by atoms with Crippen LogP contribution in [-0.2, 0) is 10.0 Å². The van der Waals surface area contributed by atoms with Crippen molar-refractivity contribution < 1.29 is 17.9 Å². The number of rotatable bonds is 6. The third-order valence-electron chi connectivity index (χ3n) is 4.62. The number of amides is 1. The van der Waals surface area contributed by atoms with E-state index in [4.69, 9.17) is 4.74 Å². The zero-order valence-electron chi connectivity index (χ0n) is 15.8. The van der Waals surface area contributed by atoms with Crippen LogP contribution in [0.15, 0.2) is 66.1 Å². The second kappa shape index (κ2) is 8.90. The van der Waals surface area contributed by atoms with Crippen LogP contribution >= 0.6 is 0 Å². The van der Waals surface area contributed by atoms with Crippen molar-refractivity contribution in [3.63, 3.8) is 0 Å². The molecule has 1 aliphatic rings. The van der Waals surface area contributed by atoms with E-state index >= 15 is 0 Å². The highest BCUT2D eigenvalue weighted by molar-refractivity contribution is 7.89. The zero-order chi connectivity index (χ0) is 20.9. The van der Waals surface area contributed by atoms with Crippen LogP contribution in [0.5, 0.6) is 5.75 Å². The third-order valence-corrected chi connectivity index (χ3v) is 6.58. The van der Waals surface area contributed by atoms with Crippen LogP contribution in [0, 0.1) is 11.3 Å². The molecule has 0 radical (unpaired) electrons. The average Bonchev–Trinajstić information content (AvgIpc) is 2.77. The number of nitriles is 1. The first-order chi connectivity index (χ1) is 14.0. The maximum Gasteiger partial charge on any atom is 0.253 e. The van der Waals surface area contributed by atoms with Gasteiger partial charge in [-0.1, -0.05) is 24.8 Å². The second-order valence-electron chi connectivity index (χ2n) is 6.43. The molecular formula is C21H21N3O4S. The van der Waals surface area contributed by atoms with Crippen LogP contribution in [0.2, 0.25) is 0 Å². The first kappa shape index (κ1) is 20.6. The summed E-state index contributed by atoms with van der Waals surface area (Å²) >= 11 is 0. The molecule has 0 bridgehead atoms. The van der Waals surface area contributed by atoms with Crippen molar-refractivity contribution in [1.29, 1.82) is 5.26 Å². The van der Waals surface area contributed by atoms with Crippen LogP contribution in [0.25, 0.3) is 0 Å². The highest BCUT2D eigenvalue weighted by atomic mass is 32.2. The molecule has 0 aliphatic carbocycles. The van der Waals surface area contributed by atoms with Crippen LogP contribution in [0.4, 0.5) is 0 Å².